The lowest BCUT2D eigenvalue weighted by atomic mass is 9.93. The van der Waals surface area contributed by atoms with Gasteiger partial charge in [0.25, 0.3) is 0 Å². The molecule has 40 atom stereocenters. The summed E-state index contributed by atoms with van der Waals surface area (Å²) in [6.07, 6.45) is -73.0. The number of amides is 2. The summed E-state index contributed by atoms with van der Waals surface area (Å²) in [4.78, 5) is 26.1. The molecule has 8 heterocycles. The van der Waals surface area contributed by atoms with Crippen LogP contribution in [0.4, 0.5) is 0 Å². The van der Waals surface area contributed by atoms with Crippen LogP contribution < -0.4 is 10.6 Å². The average Bonchev–Trinajstić information content (AvgIpc) is 0.822. The number of aliphatic hydroxyl groups is 22. The Morgan fingerprint density at radius 1 is 0.301 bits per heavy atom. The van der Waals surface area contributed by atoms with E-state index in [9.17, 15) is 122 Å². The van der Waals surface area contributed by atoms with Crippen molar-refractivity contribution in [1.82, 2.24) is 10.6 Å². The molecule has 0 radical (unpaired) electrons. The Hall–Kier alpha value is -2.54. The van der Waals surface area contributed by atoms with Crippen molar-refractivity contribution >= 4 is 11.8 Å². The first-order valence-electron chi connectivity index (χ1n) is 29.8. The molecule has 93 heavy (non-hydrogen) atoms. The predicted octanol–water partition coefficient (Wildman–Crippen LogP) is -16.1. The van der Waals surface area contributed by atoms with E-state index in [1.807, 2.05) is 0 Å². The van der Waals surface area contributed by atoms with Gasteiger partial charge in [-0.2, -0.15) is 0 Å². The normalized spacial score (nSPS) is 51.6. The summed E-state index contributed by atoms with van der Waals surface area (Å²) in [7, 11) is 0. The minimum Gasteiger partial charge on any atom is -0.394 e. The van der Waals surface area contributed by atoms with E-state index in [0.717, 1.165) is 13.8 Å². The highest BCUT2D eigenvalue weighted by molar-refractivity contribution is 5.73. The Balaban J connectivity index is 1.09. The molecule has 0 bridgehead atoms. The topological polar surface area (TPSA) is 642 Å². The molecule has 41 heteroatoms. The third-order valence-corrected chi connectivity index (χ3v) is 17.3. The Labute approximate surface area is 527 Å². The minimum absolute atomic E-state index is 0.842. The van der Waals surface area contributed by atoms with Crippen molar-refractivity contribution in [3.63, 3.8) is 0 Å². The summed E-state index contributed by atoms with van der Waals surface area (Å²) < 4.78 is 87.8. The molecular weight excluding hydrogens is 1280 g/mol. The number of ether oxygens (including phenoxy) is 15. The molecule has 0 aromatic carbocycles. The van der Waals surface area contributed by atoms with Crippen molar-refractivity contribution in [2.24, 2.45) is 0 Å². The van der Waals surface area contributed by atoms with Crippen LogP contribution in [0.15, 0.2) is 0 Å². The van der Waals surface area contributed by atoms with Crippen molar-refractivity contribution in [2.45, 2.75) is 273 Å². The Kier molecular flexibility index (Phi) is 26.7. The summed E-state index contributed by atoms with van der Waals surface area (Å²) >= 11 is 0. The number of nitrogens with one attached hydrogen (secondary N) is 2. The Morgan fingerprint density at radius 3 is 1.18 bits per heavy atom. The van der Waals surface area contributed by atoms with Crippen molar-refractivity contribution in [3.8, 4) is 0 Å². The molecule has 0 spiro atoms. The fourth-order valence-corrected chi connectivity index (χ4v) is 12.0. The molecular formula is C52H88N2O39. The lowest BCUT2D eigenvalue weighted by Crippen LogP contribution is -2.71. The summed E-state index contributed by atoms with van der Waals surface area (Å²) in [5, 5.41) is 243. The first kappa shape index (κ1) is 76.2. The highest BCUT2D eigenvalue weighted by Gasteiger charge is 2.59. The van der Waals surface area contributed by atoms with Gasteiger partial charge < -0.3 is 194 Å². The Bertz CT molecular complexity index is 2350. The van der Waals surface area contributed by atoms with Crippen LogP contribution in [0.25, 0.3) is 0 Å². The molecule has 8 aliphatic heterocycles. The molecule has 8 saturated heterocycles. The number of carbonyl (C=O) groups excluding carboxylic acids is 2. The molecule has 0 aromatic rings. The van der Waals surface area contributed by atoms with Crippen molar-refractivity contribution in [2.75, 3.05) is 39.6 Å². The smallest absolute Gasteiger partial charge is 0.217 e. The lowest BCUT2D eigenvalue weighted by Gasteiger charge is -2.51. The van der Waals surface area contributed by atoms with Gasteiger partial charge >= 0.3 is 0 Å². The van der Waals surface area contributed by atoms with E-state index >= 15 is 0 Å². The molecule has 8 aliphatic rings. The highest BCUT2D eigenvalue weighted by Crippen LogP contribution is 2.38. The van der Waals surface area contributed by atoms with Gasteiger partial charge in [0.1, 0.15) is 183 Å². The quantitative estimate of drug-likeness (QED) is 0.0479. The summed E-state index contributed by atoms with van der Waals surface area (Å²) in [5.41, 5.74) is 0. The molecule has 0 aromatic heterocycles. The number of hydrogen-bond acceptors (Lipinski definition) is 39. The molecule has 1 unspecified atom stereocenters. The van der Waals surface area contributed by atoms with Gasteiger partial charge in [-0.05, 0) is 13.8 Å². The van der Waals surface area contributed by atoms with Gasteiger partial charge in [-0.15, -0.1) is 0 Å². The van der Waals surface area contributed by atoms with Crippen LogP contribution in [-0.2, 0) is 80.6 Å². The molecule has 41 nitrogen and oxygen atoms in total. The van der Waals surface area contributed by atoms with E-state index in [0.29, 0.717) is 0 Å². The lowest BCUT2D eigenvalue weighted by molar-refractivity contribution is -0.388. The van der Waals surface area contributed by atoms with E-state index in [1.165, 1.54) is 13.8 Å². The zero-order valence-corrected chi connectivity index (χ0v) is 50.1. The van der Waals surface area contributed by atoms with Gasteiger partial charge in [0.15, 0.2) is 50.3 Å². The van der Waals surface area contributed by atoms with Crippen molar-refractivity contribution in [1.29, 1.82) is 0 Å². The fourth-order valence-electron chi connectivity index (χ4n) is 12.0. The number of aliphatic hydroxyl groups excluding tert-OH is 22. The zero-order valence-electron chi connectivity index (χ0n) is 50.1. The monoisotopic (exact) mass is 1360 g/mol. The fraction of sp³-hybridized carbons (Fsp3) is 0.962. The van der Waals surface area contributed by atoms with Gasteiger partial charge in [-0.1, -0.05) is 0 Å². The first-order chi connectivity index (χ1) is 43.9. The average molecular weight is 1370 g/mol. The molecule has 8 rings (SSSR count). The maximum Gasteiger partial charge on any atom is 0.217 e. The van der Waals surface area contributed by atoms with Gasteiger partial charge in [0.05, 0.1) is 51.8 Å². The van der Waals surface area contributed by atoms with Crippen LogP contribution in [-0.4, -0.2) is 409 Å². The van der Waals surface area contributed by atoms with E-state index in [4.69, 9.17) is 71.1 Å². The third-order valence-electron chi connectivity index (χ3n) is 17.3. The minimum atomic E-state index is -2.33. The summed E-state index contributed by atoms with van der Waals surface area (Å²) in [5.74, 6) is -1.82. The number of rotatable bonds is 22. The van der Waals surface area contributed by atoms with Crippen molar-refractivity contribution < 1.29 is 193 Å². The van der Waals surface area contributed by atoms with Gasteiger partial charge in [0, 0.05) is 13.8 Å². The standard InChI is InChI=1S/C52H88N2O39/c1-11-23(61)29(67)35(73)49(81-11)92-43-22(54-14(4)60)45(78)83-20(10-80-47-38(76)33(71)40(12(2)82-47)89-50-36(74)31(69)25(63)16(6-56)85-50)42(43)91-46-21(53-13(3)59)28(66)41(18(8-58)87-46)90-52-39(77)44(93-51-37(75)32(70)26(64)17(7-57)86-51)27(65)19(88-52)9-79-48-34(72)30(68)24(62)15(5-55)84-48/h11-12,15-52,55-58,61-78H,5-10H2,1-4H3,(H,53,59)(H,54,60)/t11-,12-,15+,16+,17+,18+,19+,20+,21+,22+,23+,24+,25-,26+,27+,28+,29+,30-,31-,32-,33-,34-,35-,36+,37-,38-,39-,40+,41+,42+,43+,44-,45?,46-,47+,48-,49-,50-,51+,52-/m0/s1. The van der Waals surface area contributed by atoms with E-state index < -0.39 is 297 Å². The highest BCUT2D eigenvalue weighted by atomic mass is 16.8. The predicted molar refractivity (Wildman–Crippen MR) is 285 cm³/mol. The van der Waals surface area contributed by atoms with Gasteiger partial charge in [-0.25, -0.2) is 0 Å². The largest absolute Gasteiger partial charge is 0.394 e. The molecule has 2 amide bonds. The maximum absolute atomic E-state index is 13.2. The van der Waals surface area contributed by atoms with Crippen LogP contribution in [0, 0.1) is 0 Å². The maximum atomic E-state index is 13.2. The van der Waals surface area contributed by atoms with E-state index in [-0.39, 0.29) is 0 Å². The first-order valence-corrected chi connectivity index (χ1v) is 29.8. The molecule has 8 fully saturated rings. The summed E-state index contributed by atoms with van der Waals surface area (Å²) in [6.45, 7) is -1.23. The SMILES string of the molecule is CC(=O)N[C@H]1[C@H](O[C@H]2[C@H](O[C@@H]3O[C@@H](C)[C@@H](O)[C@@H](O)[C@@H]3O)[C@@H](NC(C)=O)C(O)O[C@@H]2CO[C@@H]2O[C@@H](C)[C@@H](O[C@@H]3O[C@H](CO)[C@H](O)[C@H](O)[C@H]3O)[C@@H](O)[C@@H]2O)O[C@H](CO)[C@@H](O[C@@H]2O[C@H](CO[C@H]3O[C@H](CO)[C@@H](O)[C@H](O)[C@@H]3O)[C@@H](O)[C@H](O[C@H]3O[C@H](CO)[C@@H](O)[C@H](O)[C@@H]3O)[C@@H]2O)[C@@H]1O. The van der Waals surface area contributed by atoms with Crippen molar-refractivity contribution in [3.05, 3.63) is 0 Å². The Morgan fingerprint density at radius 2 is 0.667 bits per heavy atom. The zero-order chi connectivity index (χ0) is 68.5. The van der Waals surface area contributed by atoms with E-state index in [1.54, 1.807) is 0 Å². The third kappa shape index (κ3) is 16.5. The van der Waals surface area contributed by atoms with Gasteiger partial charge in [-0.3, -0.25) is 9.59 Å². The number of carbonyl (C=O) groups is 2. The molecule has 540 valence electrons. The van der Waals surface area contributed by atoms with E-state index in [2.05, 4.69) is 10.6 Å². The summed E-state index contributed by atoms with van der Waals surface area (Å²) in [6, 6.07) is -3.78. The van der Waals surface area contributed by atoms with Crippen LogP contribution >= 0.6 is 0 Å². The molecule has 0 saturated carbocycles. The second kappa shape index (κ2) is 32.6. The second-order valence-corrected chi connectivity index (χ2v) is 23.9. The van der Waals surface area contributed by atoms with Gasteiger partial charge in [0.2, 0.25) is 11.8 Å². The second-order valence-electron chi connectivity index (χ2n) is 23.9. The molecule has 0 aliphatic carbocycles. The van der Waals surface area contributed by atoms with Crippen LogP contribution in [0.1, 0.15) is 27.7 Å². The molecule has 24 N–H and O–H groups in total. The number of hydrogen-bond donors (Lipinski definition) is 24. The van der Waals surface area contributed by atoms with Crippen LogP contribution in [0.2, 0.25) is 0 Å². The van der Waals surface area contributed by atoms with Crippen LogP contribution in [0.5, 0.6) is 0 Å². The van der Waals surface area contributed by atoms with Crippen LogP contribution in [0.3, 0.4) is 0 Å².